The SMILES string of the molecule is COc1c(C(=O)NCCC2CCNC2)cccc1[N+](=O)[O-]. The molecule has 1 amide bonds. The largest absolute Gasteiger partial charge is 0.490 e. The van der Waals surface area contributed by atoms with Crippen molar-refractivity contribution in [3.05, 3.63) is 33.9 Å². The van der Waals surface area contributed by atoms with E-state index < -0.39 is 4.92 Å². The van der Waals surface area contributed by atoms with Gasteiger partial charge in [0.15, 0.2) is 0 Å². The van der Waals surface area contributed by atoms with Gasteiger partial charge in [0.2, 0.25) is 5.75 Å². The summed E-state index contributed by atoms with van der Waals surface area (Å²) in [6.07, 6.45) is 2.02. The van der Waals surface area contributed by atoms with Crippen LogP contribution in [0.15, 0.2) is 18.2 Å². The maximum atomic E-state index is 12.1. The summed E-state index contributed by atoms with van der Waals surface area (Å²) < 4.78 is 5.03. The van der Waals surface area contributed by atoms with Gasteiger partial charge in [0.1, 0.15) is 0 Å². The number of ether oxygens (including phenoxy) is 1. The van der Waals surface area contributed by atoms with E-state index in [-0.39, 0.29) is 22.9 Å². The number of amides is 1. The summed E-state index contributed by atoms with van der Waals surface area (Å²) in [5.74, 6) is 0.237. The second kappa shape index (κ2) is 7.03. The van der Waals surface area contributed by atoms with Gasteiger partial charge in [-0.25, -0.2) is 0 Å². The van der Waals surface area contributed by atoms with Gasteiger partial charge in [-0.2, -0.15) is 0 Å². The third-order valence-corrected chi connectivity index (χ3v) is 3.64. The van der Waals surface area contributed by atoms with Crippen molar-refractivity contribution in [3.8, 4) is 5.75 Å². The summed E-state index contributed by atoms with van der Waals surface area (Å²) >= 11 is 0. The summed E-state index contributed by atoms with van der Waals surface area (Å²) in [5.41, 5.74) is -0.0126. The molecule has 1 atom stereocenters. The fourth-order valence-electron chi connectivity index (χ4n) is 2.51. The number of benzene rings is 1. The van der Waals surface area contributed by atoms with Crippen molar-refractivity contribution in [2.45, 2.75) is 12.8 Å². The van der Waals surface area contributed by atoms with Crippen molar-refractivity contribution < 1.29 is 14.5 Å². The quantitative estimate of drug-likeness (QED) is 0.609. The summed E-state index contributed by atoms with van der Waals surface area (Å²) in [5, 5.41) is 17.0. The summed E-state index contributed by atoms with van der Waals surface area (Å²) in [6.45, 7) is 2.56. The highest BCUT2D eigenvalue weighted by Crippen LogP contribution is 2.30. The number of nitrogens with one attached hydrogen (secondary N) is 2. The summed E-state index contributed by atoms with van der Waals surface area (Å²) in [7, 11) is 1.32. The minimum Gasteiger partial charge on any atom is -0.490 e. The number of nitrogens with zero attached hydrogens (tertiary/aromatic N) is 1. The average Bonchev–Trinajstić information content (AvgIpc) is 2.99. The van der Waals surface area contributed by atoms with Crippen LogP contribution in [-0.2, 0) is 0 Å². The minimum atomic E-state index is -0.556. The zero-order chi connectivity index (χ0) is 15.2. The number of hydrogen-bond acceptors (Lipinski definition) is 5. The Morgan fingerprint density at radius 3 is 3.00 bits per heavy atom. The van der Waals surface area contributed by atoms with Crippen LogP contribution in [0, 0.1) is 16.0 Å². The van der Waals surface area contributed by atoms with Gasteiger partial charge in [0.25, 0.3) is 5.91 Å². The van der Waals surface area contributed by atoms with Crippen LogP contribution < -0.4 is 15.4 Å². The van der Waals surface area contributed by atoms with E-state index in [9.17, 15) is 14.9 Å². The van der Waals surface area contributed by atoms with Crippen LogP contribution in [0.2, 0.25) is 0 Å². The molecular formula is C14H19N3O4. The Balaban J connectivity index is 2.01. The molecule has 7 heteroatoms. The molecule has 1 aromatic carbocycles. The first-order valence-corrected chi connectivity index (χ1v) is 6.93. The maximum absolute atomic E-state index is 12.1. The number of hydrogen-bond donors (Lipinski definition) is 2. The normalized spacial score (nSPS) is 17.5. The third-order valence-electron chi connectivity index (χ3n) is 3.64. The molecule has 2 N–H and O–H groups in total. The zero-order valence-electron chi connectivity index (χ0n) is 11.9. The number of methoxy groups -OCH3 is 1. The van der Waals surface area contributed by atoms with E-state index in [4.69, 9.17) is 4.74 Å². The summed E-state index contributed by atoms with van der Waals surface area (Å²) in [4.78, 5) is 22.5. The fraction of sp³-hybridized carbons (Fsp3) is 0.500. The van der Waals surface area contributed by atoms with Crippen LogP contribution in [0.3, 0.4) is 0 Å². The molecule has 0 spiro atoms. The first-order valence-electron chi connectivity index (χ1n) is 6.93. The van der Waals surface area contributed by atoms with Crippen molar-refractivity contribution in [3.63, 3.8) is 0 Å². The molecule has 1 aromatic rings. The van der Waals surface area contributed by atoms with E-state index >= 15 is 0 Å². The molecule has 0 radical (unpaired) electrons. The molecule has 1 unspecified atom stereocenters. The van der Waals surface area contributed by atoms with Crippen LogP contribution in [0.1, 0.15) is 23.2 Å². The molecule has 0 bridgehead atoms. The average molecular weight is 293 g/mol. The molecule has 7 nitrogen and oxygen atoms in total. The Hall–Kier alpha value is -2.15. The molecule has 1 heterocycles. The topological polar surface area (TPSA) is 93.5 Å². The van der Waals surface area contributed by atoms with Crippen LogP contribution in [0.5, 0.6) is 5.75 Å². The highest BCUT2D eigenvalue weighted by atomic mass is 16.6. The monoisotopic (exact) mass is 293 g/mol. The first kappa shape index (κ1) is 15.2. The van der Waals surface area contributed by atoms with E-state index in [1.54, 1.807) is 0 Å². The third kappa shape index (κ3) is 3.69. The van der Waals surface area contributed by atoms with Crippen molar-refractivity contribution in [1.29, 1.82) is 0 Å². The lowest BCUT2D eigenvalue weighted by molar-refractivity contribution is -0.385. The minimum absolute atomic E-state index is 0.00235. The number of nitro benzene ring substituents is 1. The predicted molar refractivity (Wildman–Crippen MR) is 77.6 cm³/mol. The molecule has 0 saturated carbocycles. The highest BCUT2D eigenvalue weighted by molar-refractivity contribution is 5.98. The van der Waals surface area contributed by atoms with Crippen molar-refractivity contribution >= 4 is 11.6 Å². The van der Waals surface area contributed by atoms with Gasteiger partial charge in [-0.05, 0) is 37.9 Å². The lowest BCUT2D eigenvalue weighted by Crippen LogP contribution is -2.27. The Kier molecular flexibility index (Phi) is 5.10. The van der Waals surface area contributed by atoms with E-state index in [2.05, 4.69) is 10.6 Å². The molecule has 21 heavy (non-hydrogen) atoms. The molecule has 0 aromatic heterocycles. The molecule has 0 aliphatic carbocycles. The van der Waals surface area contributed by atoms with Crippen LogP contribution in [0.25, 0.3) is 0 Å². The molecule has 1 aliphatic rings. The van der Waals surface area contributed by atoms with Gasteiger partial charge in [-0.1, -0.05) is 6.07 Å². The zero-order valence-corrected chi connectivity index (χ0v) is 11.9. The first-order chi connectivity index (χ1) is 10.1. The van der Waals surface area contributed by atoms with Crippen LogP contribution >= 0.6 is 0 Å². The van der Waals surface area contributed by atoms with Gasteiger partial charge in [-0.15, -0.1) is 0 Å². The fourth-order valence-corrected chi connectivity index (χ4v) is 2.51. The lowest BCUT2D eigenvalue weighted by atomic mass is 10.1. The summed E-state index contributed by atoms with van der Waals surface area (Å²) in [6, 6.07) is 4.33. The standard InChI is InChI=1S/C14H19N3O4/c1-21-13-11(3-2-4-12(13)17(19)20)14(18)16-8-6-10-5-7-15-9-10/h2-4,10,15H,5-9H2,1H3,(H,16,18). The van der Waals surface area contributed by atoms with E-state index in [1.807, 2.05) is 0 Å². The van der Waals surface area contributed by atoms with Gasteiger partial charge in [-0.3, -0.25) is 14.9 Å². The maximum Gasteiger partial charge on any atom is 0.311 e. The van der Waals surface area contributed by atoms with E-state index in [1.165, 1.54) is 25.3 Å². The second-order valence-corrected chi connectivity index (χ2v) is 5.02. The molecule has 114 valence electrons. The molecule has 1 fully saturated rings. The van der Waals surface area contributed by atoms with Gasteiger partial charge < -0.3 is 15.4 Å². The Labute approximate surface area is 122 Å². The van der Waals surface area contributed by atoms with Gasteiger partial charge in [0, 0.05) is 12.6 Å². The number of nitro groups is 1. The molecule has 1 aliphatic heterocycles. The Morgan fingerprint density at radius 2 is 2.38 bits per heavy atom. The van der Waals surface area contributed by atoms with E-state index in [0.29, 0.717) is 12.5 Å². The van der Waals surface area contributed by atoms with Crippen LogP contribution in [0.4, 0.5) is 5.69 Å². The van der Waals surface area contributed by atoms with E-state index in [0.717, 1.165) is 25.9 Å². The number of carbonyl (C=O) groups is 1. The molecular weight excluding hydrogens is 274 g/mol. The number of para-hydroxylation sites is 1. The van der Waals surface area contributed by atoms with Crippen molar-refractivity contribution in [2.24, 2.45) is 5.92 Å². The highest BCUT2D eigenvalue weighted by Gasteiger charge is 2.22. The van der Waals surface area contributed by atoms with Gasteiger partial charge >= 0.3 is 5.69 Å². The lowest BCUT2D eigenvalue weighted by Gasteiger charge is -2.11. The van der Waals surface area contributed by atoms with Gasteiger partial charge in [0.05, 0.1) is 17.6 Å². The smallest absolute Gasteiger partial charge is 0.311 e. The van der Waals surface area contributed by atoms with Crippen molar-refractivity contribution in [2.75, 3.05) is 26.7 Å². The predicted octanol–water partition coefficient (Wildman–Crippen LogP) is 1.33. The Morgan fingerprint density at radius 1 is 1.57 bits per heavy atom. The van der Waals surface area contributed by atoms with Crippen molar-refractivity contribution in [1.82, 2.24) is 10.6 Å². The molecule has 1 saturated heterocycles. The van der Waals surface area contributed by atoms with Crippen LogP contribution in [-0.4, -0.2) is 37.6 Å². The Bertz CT molecular complexity index is 527. The number of rotatable bonds is 6. The second-order valence-electron chi connectivity index (χ2n) is 5.02. The molecule has 2 rings (SSSR count). The number of carbonyl (C=O) groups excluding carboxylic acids is 1.